The van der Waals surface area contributed by atoms with Crippen molar-refractivity contribution in [1.82, 2.24) is 9.54 Å². The van der Waals surface area contributed by atoms with Gasteiger partial charge in [-0.2, -0.15) is 0 Å². The summed E-state index contributed by atoms with van der Waals surface area (Å²) in [5.41, 5.74) is 2.66. The minimum absolute atomic E-state index is 0. The van der Waals surface area contributed by atoms with Crippen LogP contribution in [0.15, 0.2) is 0 Å². The molecule has 0 saturated heterocycles. The van der Waals surface area contributed by atoms with Crippen molar-refractivity contribution in [1.29, 1.82) is 0 Å². The van der Waals surface area contributed by atoms with Crippen LogP contribution in [0.25, 0.3) is 0 Å². The number of amides is 1. The zero-order chi connectivity index (χ0) is 11.7. The molecule has 6 heteroatoms. The molecule has 0 aliphatic heterocycles. The third-order valence-corrected chi connectivity index (χ3v) is 10.5. The molecule has 1 rings (SSSR count). The topological polar surface area (TPSA) is 33.2 Å². The summed E-state index contributed by atoms with van der Waals surface area (Å²) >= 11 is 0. The van der Waals surface area contributed by atoms with Gasteiger partial charge in [-0.1, -0.05) is 5.17 Å². The maximum Gasteiger partial charge on any atom is 0.216 e. The van der Waals surface area contributed by atoms with Crippen LogP contribution < -0.4 is 0 Å². The van der Waals surface area contributed by atoms with Crippen molar-refractivity contribution in [2.24, 2.45) is 6.55 Å². The zero-order valence-electron chi connectivity index (χ0n) is 11.3. The molecule has 0 aliphatic rings. The molecular weight excluding hydrogens is 259 g/mol. The van der Waals surface area contributed by atoms with Crippen molar-refractivity contribution >= 4 is 72.9 Å². The molecule has 1 radical (unpaired) electrons. The van der Waals surface area contributed by atoms with Crippen LogP contribution in [0.5, 0.6) is 0 Å². The number of hydrogen-bond acceptors (Lipinski definition) is 2. The van der Waals surface area contributed by atoms with Gasteiger partial charge >= 0.3 is 0 Å². The van der Waals surface area contributed by atoms with Gasteiger partial charge in [-0.05, 0) is 32.9 Å². The van der Waals surface area contributed by atoms with Gasteiger partial charge in [0.2, 0.25) is 5.53 Å². The number of nitrogens with zero attached hydrogens (tertiary/aromatic N) is 2. The molecule has 0 saturated carbocycles. The molecule has 1 amide bonds. The van der Waals surface area contributed by atoms with Crippen LogP contribution in [-0.4, -0.2) is 96.5 Å². The summed E-state index contributed by atoms with van der Waals surface area (Å²) in [6.45, 7) is 8.39. The van der Waals surface area contributed by atoms with Gasteiger partial charge in [0.15, 0.2) is 7.90 Å². The molecule has 0 bridgehead atoms. The summed E-state index contributed by atoms with van der Waals surface area (Å²) in [5, 5.41) is 1.31. The van der Waals surface area contributed by atoms with Crippen molar-refractivity contribution in [2.45, 2.75) is 20.8 Å². The first-order valence-corrected chi connectivity index (χ1v) is 9.47. The van der Waals surface area contributed by atoms with Crippen LogP contribution in [0.2, 0.25) is 0 Å². The third-order valence-electron chi connectivity index (χ3n) is 2.80. The van der Waals surface area contributed by atoms with E-state index < -0.39 is 16.0 Å². The smallest absolute Gasteiger partial charge is 0.216 e. The van der Waals surface area contributed by atoms with Gasteiger partial charge in [0, 0.05) is 71.2 Å². The minimum atomic E-state index is -1.08. The summed E-state index contributed by atoms with van der Waals surface area (Å²) in [4.78, 5) is 13.8. The van der Waals surface area contributed by atoms with Crippen LogP contribution in [0.3, 0.4) is 0 Å². The molecule has 16 heavy (non-hydrogen) atoms. The summed E-state index contributed by atoms with van der Waals surface area (Å²) < 4.78 is 4.66. The van der Waals surface area contributed by atoms with E-state index in [1.807, 2.05) is 21.0 Å². The Hall–Kier alpha value is 0.950. The molecule has 1 aromatic rings. The Morgan fingerprint density at radius 1 is 1.25 bits per heavy atom. The van der Waals surface area contributed by atoms with Crippen molar-refractivity contribution < 1.29 is 4.79 Å². The summed E-state index contributed by atoms with van der Waals surface area (Å²) in [6.07, 6.45) is 0. The average molecular weight is 278 g/mol. The number of carbonyl (C=O) groups excluding carboxylic acids is 1. The van der Waals surface area contributed by atoms with E-state index >= 15 is 0 Å². The monoisotopic (exact) mass is 277 g/mol. The van der Waals surface area contributed by atoms with Crippen molar-refractivity contribution in [2.75, 3.05) is 14.1 Å². The molecule has 0 spiro atoms. The number of aryl methyl sites for hydroxylation is 2. The fourth-order valence-electron chi connectivity index (χ4n) is 1.66. The quantitative estimate of drug-likeness (QED) is 0.710. The van der Waals surface area contributed by atoms with Crippen molar-refractivity contribution in [3.05, 3.63) is 16.4 Å². The van der Waals surface area contributed by atoms with E-state index in [0.717, 1.165) is 5.69 Å². The van der Waals surface area contributed by atoms with Crippen molar-refractivity contribution in [3.63, 3.8) is 0 Å². The Kier molecular flexibility index (Phi) is 7.17. The van der Waals surface area contributed by atoms with Crippen LogP contribution in [0.1, 0.15) is 16.4 Å². The van der Waals surface area contributed by atoms with E-state index in [9.17, 15) is 4.79 Å². The second-order valence-electron chi connectivity index (χ2n) is 4.11. The maximum absolute atomic E-state index is 12.1. The molecule has 1 aromatic heterocycles. The van der Waals surface area contributed by atoms with Crippen LogP contribution in [0.4, 0.5) is 4.79 Å². The number of carbonyl (C=O) groups is 1. The molecule has 0 fully saturated rings. The Balaban J connectivity index is 0.00000225. The number of aromatic nitrogens is 1. The summed E-state index contributed by atoms with van der Waals surface area (Å²) in [6, 6.07) is 0. The van der Waals surface area contributed by atoms with Gasteiger partial charge in [-0.15, -0.1) is 0 Å². The van der Waals surface area contributed by atoms with E-state index in [-0.39, 0.29) is 51.4 Å². The predicted molar refractivity (Wildman–Crippen MR) is 71.6 cm³/mol. The Bertz CT molecular complexity index is 422. The Morgan fingerprint density at radius 2 is 1.75 bits per heavy atom. The van der Waals surface area contributed by atoms with E-state index in [4.69, 9.17) is 0 Å². The van der Waals surface area contributed by atoms with Gasteiger partial charge in [-0.3, -0.25) is 4.79 Å². The normalized spacial score (nSPS) is 9.62. The second-order valence-corrected chi connectivity index (χ2v) is 11.1. The molecule has 0 N–H and O–H groups in total. The first kappa shape index (κ1) is 17.0. The SMILES string of the molecule is Cc1n[si](C)[si](C(=O)N(C)C)c(C)c1C.[K]. The second kappa shape index (κ2) is 6.77. The predicted octanol–water partition coefficient (Wildman–Crippen LogP) is 0.744. The van der Waals surface area contributed by atoms with Crippen LogP contribution >= 0.6 is 0 Å². The Labute approximate surface area is 143 Å². The standard InChI is InChI=1S/C10H18N2OSi2.K/c1-7-8(2)11-14(6)15(9(7)3)10(13)12(4)5;/h1-6H3;. The van der Waals surface area contributed by atoms with E-state index in [0.29, 0.717) is 5.53 Å². The molecule has 0 atom stereocenters. The average Bonchev–Trinajstić information content (AvgIpc) is 2.14. The minimum Gasteiger partial charge on any atom is -0.350 e. The first-order valence-electron chi connectivity index (χ1n) is 5.02. The van der Waals surface area contributed by atoms with Crippen LogP contribution in [-0.2, 0) is 6.55 Å². The third kappa shape index (κ3) is 3.47. The molecule has 0 aromatic carbocycles. The Morgan fingerprint density at radius 3 is 2.19 bits per heavy atom. The van der Waals surface area contributed by atoms with Gasteiger partial charge in [0.1, 0.15) is 8.07 Å². The van der Waals surface area contributed by atoms with Gasteiger partial charge < -0.3 is 9.54 Å². The first-order chi connectivity index (χ1) is 6.86. The van der Waals surface area contributed by atoms with E-state index in [2.05, 4.69) is 25.0 Å². The maximum atomic E-state index is 12.1. The molecule has 83 valence electrons. The molecule has 0 aliphatic carbocycles. The molecule has 3 nitrogen and oxygen atoms in total. The van der Waals surface area contributed by atoms with Gasteiger partial charge in [0.05, 0.1) is 0 Å². The summed E-state index contributed by atoms with van der Waals surface area (Å²) in [5.74, 6) is 0. The molecular formula is C10H18KN2OSi2. The molecule has 1 heterocycles. The molecule has 0 unspecified atom stereocenters. The zero-order valence-corrected chi connectivity index (χ0v) is 16.4. The number of rotatable bonds is 1. The largest absolute Gasteiger partial charge is 0.350 e. The van der Waals surface area contributed by atoms with Gasteiger partial charge in [-0.25, -0.2) is 0 Å². The van der Waals surface area contributed by atoms with E-state index in [1.165, 1.54) is 10.7 Å². The fourth-order valence-corrected chi connectivity index (χ4v) is 9.25. The van der Waals surface area contributed by atoms with E-state index in [1.54, 1.807) is 4.90 Å². The van der Waals surface area contributed by atoms with Crippen molar-refractivity contribution in [3.8, 4) is 0 Å². The van der Waals surface area contributed by atoms with Crippen LogP contribution in [0, 0.1) is 20.8 Å². The summed E-state index contributed by atoms with van der Waals surface area (Å²) in [7, 11) is 1.73. The van der Waals surface area contributed by atoms with Gasteiger partial charge in [0.25, 0.3) is 0 Å². The fraction of sp³-hybridized carbons (Fsp3) is 0.600. The number of hydrogen-bond donors (Lipinski definition) is 0.